The van der Waals surface area contributed by atoms with Crippen molar-refractivity contribution >= 4 is 11.9 Å². The van der Waals surface area contributed by atoms with Crippen LogP contribution in [0.3, 0.4) is 0 Å². The third-order valence-corrected chi connectivity index (χ3v) is 5.20. The summed E-state index contributed by atoms with van der Waals surface area (Å²) in [7, 11) is 0. The monoisotopic (exact) mass is 368 g/mol. The Labute approximate surface area is 160 Å². The Balaban J connectivity index is 0.000000260. The number of unbranched alkanes of at least 4 members (excludes halogenated alkanes) is 8. The molecule has 2 aliphatic heterocycles. The Kier molecular flexibility index (Phi) is 13.3. The lowest BCUT2D eigenvalue weighted by Crippen LogP contribution is -2.06. The highest BCUT2D eigenvalue weighted by atomic mass is 16.6. The van der Waals surface area contributed by atoms with Gasteiger partial charge in [-0.1, -0.05) is 65.2 Å². The molecule has 0 aliphatic carbocycles. The van der Waals surface area contributed by atoms with Crippen LogP contribution in [0.5, 0.6) is 0 Å². The van der Waals surface area contributed by atoms with E-state index in [-0.39, 0.29) is 24.1 Å². The first kappa shape index (κ1) is 23.0. The fourth-order valence-corrected chi connectivity index (χ4v) is 3.52. The molecular weight excluding hydrogens is 328 g/mol. The van der Waals surface area contributed by atoms with Gasteiger partial charge in [-0.25, -0.2) is 0 Å². The number of rotatable bonds is 12. The lowest BCUT2D eigenvalue weighted by Gasteiger charge is -2.07. The van der Waals surface area contributed by atoms with Gasteiger partial charge < -0.3 is 9.47 Å². The molecule has 152 valence electrons. The van der Waals surface area contributed by atoms with Crippen LogP contribution >= 0.6 is 0 Å². The van der Waals surface area contributed by atoms with Crippen LogP contribution in [-0.4, -0.2) is 24.1 Å². The first-order chi connectivity index (χ1) is 12.7. The van der Waals surface area contributed by atoms with E-state index in [2.05, 4.69) is 13.8 Å². The SMILES string of the molecule is CCCCCCCC1CCC(=O)O1.CCCCCCCC1CCC(=O)O1. The number of carbonyl (C=O) groups is 2. The van der Waals surface area contributed by atoms with Crippen molar-refractivity contribution in [1.82, 2.24) is 0 Å². The quantitative estimate of drug-likeness (QED) is 0.308. The minimum atomic E-state index is -0.00134. The highest BCUT2D eigenvalue weighted by molar-refractivity contribution is 5.71. The van der Waals surface area contributed by atoms with Gasteiger partial charge in [0.25, 0.3) is 0 Å². The van der Waals surface area contributed by atoms with Crippen molar-refractivity contribution in [2.75, 3.05) is 0 Å². The Morgan fingerprint density at radius 2 is 1.04 bits per heavy atom. The van der Waals surface area contributed by atoms with E-state index in [9.17, 15) is 9.59 Å². The maximum atomic E-state index is 10.8. The van der Waals surface area contributed by atoms with Gasteiger partial charge in [-0.05, 0) is 38.5 Å². The molecule has 26 heavy (non-hydrogen) atoms. The van der Waals surface area contributed by atoms with Crippen molar-refractivity contribution in [2.24, 2.45) is 0 Å². The fourth-order valence-electron chi connectivity index (χ4n) is 3.52. The Hall–Kier alpha value is -1.06. The van der Waals surface area contributed by atoms with Gasteiger partial charge in [-0.15, -0.1) is 0 Å². The van der Waals surface area contributed by atoms with Gasteiger partial charge >= 0.3 is 11.9 Å². The summed E-state index contributed by atoms with van der Waals surface area (Å²) >= 11 is 0. The van der Waals surface area contributed by atoms with Crippen molar-refractivity contribution in [1.29, 1.82) is 0 Å². The predicted octanol–water partition coefficient (Wildman–Crippen LogP) is 6.11. The van der Waals surface area contributed by atoms with Gasteiger partial charge in [0.15, 0.2) is 0 Å². The maximum Gasteiger partial charge on any atom is 0.306 e. The normalized spacial score (nSPS) is 21.9. The Morgan fingerprint density at radius 3 is 1.35 bits per heavy atom. The van der Waals surface area contributed by atoms with Gasteiger partial charge in [0, 0.05) is 12.8 Å². The molecule has 2 unspecified atom stereocenters. The summed E-state index contributed by atoms with van der Waals surface area (Å²) < 4.78 is 10.3. The van der Waals surface area contributed by atoms with Crippen molar-refractivity contribution in [3.05, 3.63) is 0 Å². The molecule has 0 bridgehead atoms. The van der Waals surface area contributed by atoms with E-state index in [4.69, 9.17) is 9.47 Å². The topological polar surface area (TPSA) is 52.6 Å². The molecular formula is C22H40O4. The van der Waals surface area contributed by atoms with Crippen molar-refractivity contribution in [3.63, 3.8) is 0 Å². The van der Waals surface area contributed by atoms with Crippen LogP contribution < -0.4 is 0 Å². The smallest absolute Gasteiger partial charge is 0.306 e. The molecule has 4 nitrogen and oxygen atoms in total. The van der Waals surface area contributed by atoms with Crippen molar-refractivity contribution < 1.29 is 19.1 Å². The average molecular weight is 369 g/mol. The van der Waals surface area contributed by atoms with Crippen LogP contribution in [0, 0.1) is 0 Å². The second-order valence-electron chi connectivity index (χ2n) is 7.71. The van der Waals surface area contributed by atoms with Crippen LogP contribution in [0.2, 0.25) is 0 Å². The van der Waals surface area contributed by atoms with Crippen LogP contribution in [0.1, 0.15) is 117 Å². The lowest BCUT2D eigenvalue weighted by molar-refractivity contribution is -0.142. The summed E-state index contributed by atoms with van der Waals surface area (Å²) in [4.78, 5) is 21.5. The molecule has 0 saturated carbocycles. The molecule has 0 amide bonds. The first-order valence-corrected chi connectivity index (χ1v) is 11.0. The van der Waals surface area contributed by atoms with Crippen LogP contribution in [0.15, 0.2) is 0 Å². The molecule has 2 heterocycles. The number of ether oxygens (including phenoxy) is 2. The van der Waals surface area contributed by atoms with Crippen LogP contribution in [0.25, 0.3) is 0 Å². The Bertz CT molecular complexity index is 344. The molecule has 0 aromatic rings. The molecule has 0 aromatic carbocycles. The van der Waals surface area contributed by atoms with Gasteiger partial charge in [-0.3, -0.25) is 9.59 Å². The zero-order valence-electron chi connectivity index (χ0n) is 17.1. The average Bonchev–Trinajstić information content (AvgIpc) is 3.23. The van der Waals surface area contributed by atoms with E-state index in [0.29, 0.717) is 12.8 Å². The van der Waals surface area contributed by atoms with Gasteiger partial charge in [-0.2, -0.15) is 0 Å². The highest BCUT2D eigenvalue weighted by Crippen LogP contribution is 2.20. The summed E-state index contributed by atoms with van der Waals surface area (Å²) in [5.74, 6) is -0.00267. The molecule has 0 N–H and O–H groups in total. The van der Waals surface area contributed by atoms with E-state index in [1.165, 1.54) is 64.2 Å². The summed E-state index contributed by atoms with van der Waals surface area (Å²) in [6.45, 7) is 4.44. The van der Waals surface area contributed by atoms with Gasteiger partial charge in [0.05, 0.1) is 0 Å². The zero-order chi connectivity index (χ0) is 19.0. The summed E-state index contributed by atoms with van der Waals surface area (Å²) in [5, 5.41) is 0. The van der Waals surface area contributed by atoms with E-state index in [1.807, 2.05) is 0 Å². The van der Waals surface area contributed by atoms with Crippen LogP contribution in [0.4, 0.5) is 0 Å². The number of esters is 2. The van der Waals surface area contributed by atoms with E-state index >= 15 is 0 Å². The van der Waals surface area contributed by atoms with Gasteiger partial charge in [0.1, 0.15) is 12.2 Å². The molecule has 0 radical (unpaired) electrons. The van der Waals surface area contributed by atoms with Crippen molar-refractivity contribution in [2.45, 2.75) is 129 Å². The molecule has 2 fully saturated rings. The van der Waals surface area contributed by atoms with Crippen molar-refractivity contribution in [3.8, 4) is 0 Å². The van der Waals surface area contributed by atoms with Crippen LogP contribution in [-0.2, 0) is 19.1 Å². The van der Waals surface area contributed by atoms with Gasteiger partial charge in [0.2, 0.25) is 0 Å². The minimum Gasteiger partial charge on any atom is -0.462 e. The maximum absolute atomic E-state index is 10.8. The number of hydrogen-bond acceptors (Lipinski definition) is 4. The van der Waals surface area contributed by atoms with E-state index < -0.39 is 0 Å². The second kappa shape index (κ2) is 15.0. The third-order valence-electron chi connectivity index (χ3n) is 5.20. The summed E-state index contributed by atoms with van der Waals surface area (Å²) in [6.07, 6.45) is 18.8. The molecule has 0 spiro atoms. The molecule has 4 heteroatoms. The standard InChI is InChI=1S/2C11H20O2/c2*1-2-3-4-5-6-7-10-8-9-11(12)13-10/h2*10H,2-9H2,1H3. The lowest BCUT2D eigenvalue weighted by atomic mass is 10.1. The summed E-state index contributed by atoms with van der Waals surface area (Å²) in [5.41, 5.74) is 0. The molecule has 2 saturated heterocycles. The van der Waals surface area contributed by atoms with E-state index in [1.54, 1.807) is 0 Å². The first-order valence-electron chi connectivity index (χ1n) is 11.0. The predicted molar refractivity (Wildman–Crippen MR) is 105 cm³/mol. The largest absolute Gasteiger partial charge is 0.462 e. The van der Waals surface area contributed by atoms with E-state index in [0.717, 1.165) is 25.7 Å². The molecule has 2 aliphatic rings. The highest BCUT2D eigenvalue weighted by Gasteiger charge is 2.22. The summed E-state index contributed by atoms with van der Waals surface area (Å²) in [6, 6.07) is 0. The fraction of sp³-hybridized carbons (Fsp3) is 0.909. The molecule has 2 atom stereocenters. The number of cyclic esters (lactones) is 2. The minimum absolute atomic E-state index is 0.00134. The number of carbonyl (C=O) groups excluding carboxylic acids is 2. The Morgan fingerprint density at radius 1 is 0.654 bits per heavy atom. The molecule has 2 rings (SSSR count). The number of hydrogen-bond donors (Lipinski definition) is 0. The zero-order valence-corrected chi connectivity index (χ0v) is 17.1. The second-order valence-corrected chi connectivity index (χ2v) is 7.71. The molecule has 0 aromatic heterocycles. The third kappa shape index (κ3) is 11.5.